The summed E-state index contributed by atoms with van der Waals surface area (Å²) >= 11 is 0. The third-order valence-electron chi connectivity index (χ3n) is 3.09. The second-order valence-corrected chi connectivity index (χ2v) is 4.40. The molecule has 1 aliphatic rings. The average Bonchev–Trinajstić information content (AvgIpc) is 2.63. The van der Waals surface area contributed by atoms with Crippen LogP contribution in [0.4, 0.5) is 11.5 Å². The Balaban J connectivity index is 2.22. The molecule has 6 nitrogen and oxygen atoms in total. The van der Waals surface area contributed by atoms with E-state index >= 15 is 0 Å². The zero-order valence-corrected chi connectivity index (χ0v) is 9.18. The summed E-state index contributed by atoms with van der Waals surface area (Å²) in [7, 11) is 0. The second kappa shape index (κ2) is 3.62. The molecule has 6 heteroatoms. The lowest BCUT2D eigenvalue weighted by atomic mass is 9.89. The van der Waals surface area contributed by atoms with E-state index in [1.165, 1.54) is 6.33 Å². The minimum absolute atomic E-state index is 0.275. The van der Waals surface area contributed by atoms with Gasteiger partial charge >= 0.3 is 0 Å². The number of rotatable bonds is 2. The molecule has 1 atom stereocenters. The maximum atomic E-state index is 11.3. The van der Waals surface area contributed by atoms with Crippen LogP contribution in [0.25, 0.3) is 0 Å². The SMILES string of the molecule is CC1(C(N)=O)CCN(c2ncncc2N)C1. The topological polar surface area (TPSA) is 98.1 Å². The van der Waals surface area contributed by atoms with Crippen molar-refractivity contribution in [1.82, 2.24) is 9.97 Å². The van der Waals surface area contributed by atoms with E-state index in [1.54, 1.807) is 6.20 Å². The molecule has 1 amide bonds. The van der Waals surface area contributed by atoms with Gasteiger partial charge in [-0.1, -0.05) is 0 Å². The van der Waals surface area contributed by atoms with Gasteiger partial charge in [-0.2, -0.15) is 0 Å². The molecule has 2 heterocycles. The van der Waals surface area contributed by atoms with Gasteiger partial charge in [-0.3, -0.25) is 4.79 Å². The largest absolute Gasteiger partial charge is 0.394 e. The molecule has 0 aliphatic carbocycles. The highest BCUT2D eigenvalue weighted by Gasteiger charge is 2.39. The van der Waals surface area contributed by atoms with Gasteiger partial charge in [0.25, 0.3) is 0 Å². The molecule has 86 valence electrons. The van der Waals surface area contributed by atoms with E-state index in [-0.39, 0.29) is 5.91 Å². The zero-order valence-electron chi connectivity index (χ0n) is 9.18. The van der Waals surface area contributed by atoms with Gasteiger partial charge in [0.1, 0.15) is 6.33 Å². The summed E-state index contributed by atoms with van der Waals surface area (Å²) in [5.74, 6) is 0.405. The Kier molecular flexibility index (Phi) is 2.41. The van der Waals surface area contributed by atoms with E-state index in [2.05, 4.69) is 9.97 Å². The van der Waals surface area contributed by atoms with Crippen LogP contribution in [0, 0.1) is 5.41 Å². The summed E-state index contributed by atoms with van der Waals surface area (Å²) in [6.45, 7) is 3.16. The van der Waals surface area contributed by atoms with Crippen molar-refractivity contribution in [2.45, 2.75) is 13.3 Å². The first-order valence-electron chi connectivity index (χ1n) is 5.13. The van der Waals surface area contributed by atoms with Crippen molar-refractivity contribution < 1.29 is 4.79 Å². The normalized spacial score (nSPS) is 24.7. The van der Waals surface area contributed by atoms with Crippen LogP contribution >= 0.6 is 0 Å². The molecule has 1 unspecified atom stereocenters. The number of nitrogens with two attached hydrogens (primary N) is 2. The van der Waals surface area contributed by atoms with Crippen LogP contribution in [0.15, 0.2) is 12.5 Å². The number of anilines is 2. The summed E-state index contributed by atoms with van der Waals surface area (Å²) in [5.41, 5.74) is 11.2. The van der Waals surface area contributed by atoms with Crippen LogP contribution < -0.4 is 16.4 Å². The van der Waals surface area contributed by atoms with Gasteiger partial charge in [0.05, 0.1) is 17.3 Å². The number of primary amides is 1. The number of hydrogen-bond donors (Lipinski definition) is 2. The van der Waals surface area contributed by atoms with E-state index in [0.717, 1.165) is 13.0 Å². The van der Waals surface area contributed by atoms with E-state index in [1.807, 2.05) is 11.8 Å². The number of nitrogen functional groups attached to an aromatic ring is 1. The maximum Gasteiger partial charge on any atom is 0.225 e. The first kappa shape index (κ1) is 10.7. The first-order chi connectivity index (χ1) is 7.53. The van der Waals surface area contributed by atoms with Gasteiger partial charge in [-0.15, -0.1) is 0 Å². The van der Waals surface area contributed by atoms with Crippen LogP contribution in [0.2, 0.25) is 0 Å². The molecule has 1 fully saturated rings. The lowest BCUT2D eigenvalue weighted by molar-refractivity contribution is -0.125. The van der Waals surface area contributed by atoms with Crippen LogP contribution in [0.1, 0.15) is 13.3 Å². The Morgan fingerprint density at radius 2 is 2.38 bits per heavy atom. The van der Waals surface area contributed by atoms with Gasteiger partial charge in [0, 0.05) is 13.1 Å². The van der Waals surface area contributed by atoms with Crippen LogP contribution in [0.3, 0.4) is 0 Å². The zero-order chi connectivity index (χ0) is 11.8. The number of amides is 1. The number of nitrogens with zero attached hydrogens (tertiary/aromatic N) is 3. The Morgan fingerprint density at radius 1 is 1.62 bits per heavy atom. The number of hydrogen-bond acceptors (Lipinski definition) is 5. The van der Waals surface area contributed by atoms with E-state index in [4.69, 9.17) is 11.5 Å². The molecular weight excluding hydrogens is 206 g/mol. The predicted octanol–water partition coefficient (Wildman–Crippen LogP) is -0.240. The fourth-order valence-corrected chi connectivity index (χ4v) is 1.94. The van der Waals surface area contributed by atoms with Crippen LogP contribution in [0.5, 0.6) is 0 Å². The number of carbonyl (C=O) groups excluding carboxylic acids is 1. The van der Waals surface area contributed by atoms with Crippen molar-refractivity contribution in [1.29, 1.82) is 0 Å². The highest BCUT2D eigenvalue weighted by molar-refractivity contribution is 5.82. The van der Waals surface area contributed by atoms with Crippen molar-refractivity contribution in [2.75, 3.05) is 23.7 Å². The van der Waals surface area contributed by atoms with Crippen molar-refractivity contribution in [3.8, 4) is 0 Å². The van der Waals surface area contributed by atoms with Gasteiger partial charge in [-0.25, -0.2) is 9.97 Å². The molecular formula is C10H15N5O. The van der Waals surface area contributed by atoms with Crippen LogP contribution in [-0.2, 0) is 4.79 Å². The maximum absolute atomic E-state index is 11.3. The van der Waals surface area contributed by atoms with E-state index < -0.39 is 5.41 Å². The lowest BCUT2D eigenvalue weighted by Crippen LogP contribution is -2.37. The van der Waals surface area contributed by atoms with E-state index in [0.29, 0.717) is 18.1 Å². The van der Waals surface area contributed by atoms with Crippen LogP contribution in [-0.4, -0.2) is 29.0 Å². The van der Waals surface area contributed by atoms with Gasteiger partial charge in [0.15, 0.2) is 5.82 Å². The fourth-order valence-electron chi connectivity index (χ4n) is 1.94. The van der Waals surface area contributed by atoms with Gasteiger partial charge in [0.2, 0.25) is 5.91 Å². The first-order valence-corrected chi connectivity index (χ1v) is 5.13. The third kappa shape index (κ3) is 1.66. The Hall–Kier alpha value is -1.85. The Morgan fingerprint density at radius 3 is 2.94 bits per heavy atom. The number of carbonyl (C=O) groups is 1. The quantitative estimate of drug-likeness (QED) is 0.718. The van der Waals surface area contributed by atoms with Crippen molar-refractivity contribution in [3.63, 3.8) is 0 Å². The molecule has 0 aromatic carbocycles. The van der Waals surface area contributed by atoms with Crippen molar-refractivity contribution in [2.24, 2.45) is 11.1 Å². The predicted molar refractivity (Wildman–Crippen MR) is 60.6 cm³/mol. The van der Waals surface area contributed by atoms with Gasteiger partial charge in [-0.05, 0) is 13.3 Å². The Bertz CT molecular complexity index is 421. The van der Waals surface area contributed by atoms with Crippen molar-refractivity contribution >= 4 is 17.4 Å². The molecule has 16 heavy (non-hydrogen) atoms. The van der Waals surface area contributed by atoms with Crippen molar-refractivity contribution in [3.05, 3.63) is 12.5 Å². The highest BCUT2D eigenvalue weighted by atomic mass is 16.1. The van der Waals surface area contributed by atoms with Gasteiger partial charge < -0.3 is 16.4 Å². The third-order valence-corrected chi connectivity index (χ3v) is 3.09. The summed E-state index contributed by atoms with van der Waals surface area (Å²) in [5, 5.41) is 0. The monoisotopic (exact) mass is 221 g/mol. The Labute approximate surface area is 93.7 Å². The average molecular weight is 221 g/mol. The molecule has 2 rings (SSSR count). The highest BCUT2D eigenvalue weighted by Crippen LogP contribution is 2.33. The molecule has 0 radical (unpaired) electrons. The molecule has 4 N–H and O–H groups in total. The molecule has 1 aromatic rings. The smallest absolute Gasteiger partial charge is 0.225 e. The summed E-state index contributed by atoms with van der Waals surface area (Å²) in [6, 6.07) is 0. The minimum atomic E-state index is -0.489. The molecule has 0 bridgehead atoms. The summed E-state index contributed by atoms with van der Waals surface area (Å²) < 4.78 is 0. The minimum Gasteiger partial charge on any atom is -0.394 e. The molecule has 1 aromatic heterocycles. The summed E-state index contributed by atoms with van der Waals surface area (Å²) in [6.07, 6.45) is 3.74. The molecule has 1 saturated heterocycles. The molecule has 0 spiro atoms. The number of aromatic nitrogens is 2. The van der Waals surface area contributed by atoms with E-state index in [9.17, 15) is 4.79 Å². The molecule has 0 saturated carbocycles. The fraction of sp³-hybridized carbons (Fsp3) is 0.500. The second-order valence-electron chi connectivity index (χ2n) is 4.40. The standard InChI is InChI=1S/C10H15N5O/c1-10(9(12)16)2-3-15(5-10)8-7(11)4-13-6-14-8/h4,6H,2-3,5,11H2,1H3,(H2,12,16). The molecule has 1 aliphatic heterocycles. The summed E-state index contributed by atoms with van der Waals surface area (Å²) in [4.78, 5) is 21.2. The lowest BCUT2D eigenvalue weighted by Gasteiger charge is -2.22.